The van der Waals surface area contributed by atoms with Crippen LogP contribution in [-0.2, 0) is 7.05 Å². The van der Waals surface area contributed by atoms with Crippen LogP contribution in [0.2, 0.25) is 0 Å². The van der Waals surface area contributed by atoms with Crippen molar-refractivity contribution >= 4 is 17.5 Å². The first kappa shape index (κ1) is 10.7. The molecule has 0 N–H and O–H groups in total. The molecule has 1 heterocycles. The van der Waals surface area contributed by atoms with Crippen LogP contribution in [0.3, 0.4) is 0 Å². The molecule has 82 valence electrons. The lowest BCUT2D eigenvalue weighted by Gasteiger charge is -2.07. The predicted octanol–water partition coefficient (Wildman–Crippen LogP) is 2.28. The van der Waals surface area contributed by atoms with Crippen LogP contribution in [0.15, 0.2) is 12.3 Å². The second kappa shape index (κ2) is 4.84. The van der Waals surface area contributed by atoms with Gasteiger partial charge in [0.05, 0.1) is 5.75 Å². The summed E-state index contributed by atoms with van der Waals surface area (Å²) in [7, 11) is 1.81. The fourth-order valence-corrected chi connectivity index (χ4v) is 3.17. The maximum absolute atomic E-state index is 11.8. The normalized spacial score (nSPS) is 17.1. The highest BCUT2D eigenvalue weighted by atomic mass is 32.2. The SMILES string of the molecule is Cn1nccc1C(=O)CSC1CCCC1. The Labute approximate surface area is 94.2 Å². The third kappa shape index (κ3) is 2.62. The van der Waals surface area contributed by atoms with Gasteiger partial charge in [-0.25, -0.2) is 0 Å². The minimum Gasteiger partial charge on any atom is -0.292 e. The molecule has 4 heteroatoms. The molecule has 0 atom stereocenters. The van der Waals surface area contributed by atoms with Crippen LogP contribution in [-0.4, -0.2) is 26.6 Å². The van der Waals surface area contributed by atoms with E-state index in [2.05, 4.69) is 5.10 Å². The molecule has 0 unspecified atom stereocenters. The molecule has 1 aromatic heterocycles. The van der Waals surface area contributed by atoms with Crippen LogP contribution in [0.1, 0.15) is 36.2 Å². The van der Waals surface area contributed by atoms with Crippen molar-refractivity contribution in [3.63, 3.8) is 0 Å². The van der Waals surface area contributed by atoms with Crippen molar-refractivity contribution in [2.24, 2.45) is 7.05 Å². The number of hydrogen-bond acceptors (Lipinski definition) is 3. The van der Waals surface area contributed by atoms with Crippen molar-refractivity contribution in [1.29, 1.82) is 0 Å². The molecule has 1 aliphatic rings. The summed E-state index contributed by atoms with van der Waals surface area (Å²) < 4.78 is 1.65. The minimum absolute atomic E-state index is 0.201. The lowest BCUT2D eigenvalue weighted by molar-refractivity contribution is 0.101. The molecule has 0 saturated heterocycles. The molecule has 0 radical (unpaired) electrons. The summed E-state index contributed by atoms with van der Waals surface area (Å²) >= 11 is 1.81. The van der Waals surface area contributed by atoms with Gasteiger partial charge in [-0.3, -0.25) is 9.48 Å². The van der Waals surface area contributed by atoms with E-state index in [1.54, 1.807) is 16.9 Å². The first-order valence-electron chi connectivity index (χ1n) is 5.40. The van der Waals surface area contributed by atoms with Gasteiger partial charge in [0.1, 0.15) is 5.69 Å². The summed E-state index contributed by atoms with van der Waals surface area (Å²) in [4.78, 5) is 11.8. The van der Waals surface area contributed by atoms with E-state index in [1.807, 2.05) is 18.8 Å². The maximum atomic E-state index is 11.8. The van der Waals surface area contributed by atoms with Gasteiger partial charge in [0, 0.05) is 18.5 Å². The number of carbonyl (C=O) groups excluding carboxylic acids is 1. The van der Waals surface area contributed by atoms with E-state index in [4.69, 9.17) is 0 Å². The smallest absolute Gasteiger partial charge is 0.190 e. The number of nitrogens with zero attached hydrogens (tertiary/aromatic N) is 2. The van der Waals surface area contributed by atoms with Crippen molar-refractivity contribution in [3.8, 4) is 0 Å². The van der Waals surface area contributed by atoms with Gasteiger partial charge < -0.3 is 0 Å². The molecular formula is C11H16N2OS. The zero-order chi connectivity index (χ0) is 10.7. The van der Waals surface area contributed by atoms with Crippen LogP contribution in [0.25, 0.3) is 0 Å². The van der Waals surface area contributed by atoms with E-state index < -0.39 is 0 Å². The van der Waals surface area contributed by atoms with Crippen molar-refractivity contribution in [2.45, 2.75) is 30.9 Å². The molecule has 2 rings (SSSR count). The number of thioether (sulfide) groups is 1. The first-order valence-corrected chi connectivity index (χ1v) is 6.45. The number of rotatable bonds is 4. The van der Waals surface area contributed by atoms with E-state index in [0.717, 1.165) is 5.69 Å². The molecule has 0 bridgehead atoms. The van der Waals surface area contributed by atoms with Crippen molar-refractivity contribution in [2.75, 3.05) is 5.75 Å². The Morgan fingerprint density at radius 1 is 1.60 bits per heavy atom. The van der Waals surface area contributed by atoms with Crippen LogP contribution >= 0.6 is 11.8 Å². The summed E-state index contributed by atoms with van der Waals surface area (Å²) in [5.41, 5.74) is 0.723. The van der Waals surface area contributed by atoms with E-state index in [0.29, 0.717) is 11.0 Å². The van der Waals surface area contributed by atoms with E-state index in [1.165, 1.54) is 25.7 Å². The molecule has 0 aliphatic heterocycles. The molecule has 1 aromatic rings. The Hall–Kier alpha value is -0.770. The Bertz CT molecular complexity index is 342. The van der Waals surface area contributed by atoms with Crippen molar-refractivity contribution < 1.29 is 4.79 Å². The van der Waals surface area contributed by atoms with Crippen LogP contribution in [0.5, 0.6) is 0 Å². The first-order chi connectivity index (χ1) is 7.27. The van der Waals surface area contributed by atoms with Gasteiger partial charge in [-0.15, -0.1) is 0 Å². The zero-order valence-electron chi connectivity index (χ0n) is 8.98. The van der Waals surface area contributed by atoms with Gasteiger partial charge >= 0.3 is 0 Å². The maximum Gasteiger partial charge on any atom is 0.190 e. The fraction of sp³-hybridized carbons (Fsp3) is 0.636. The third-order valence-electron chi connectivity index (χ3n) is 2.86. The van der Waals surface area contributed by atoms with Crippen LogP contribution < -0.4 is 0 Å². The molecule has 0 aromatic carbocycles. The van der Waals surface area contributed by atoms with Crippen LogP contribution in [0, 0.1) is 0 Å². The number of aromatic nitrogens is 2. The van der Waals surface area contributed by atoms with Gasteiger partial charge in [-0.05, 0) is 18.9 Å². The standard InChI is InChI=1S/C11H16N2OS/c1-13-10(6-7-12-13)11(14)8-15-9-4-2-3-5-9/h6-7,9H,2-5,8H2,1H3. The quantitative estimate of drug-likeness (QED) is 0.736. The average molecular weight is 224 g/mol. The highest BCUT2D eigenvalue weighted by Crippen LogP contribution is 2.29. The highest BCUT2D eigenvalue weighted by Gasteiger charge is 2.18. The summed E-state index contributed by atoms with van der Waals surface area (Å²) in [5.74, 6) is 0.802. The molecule has 3 nitrogen and oxygen atoms in total. The number of Topliss-reactive ketones (excluding diaryl/α,β-unsaturated/α-hetero) is 1. The van der Waals surface area contributed by atoms with Gasteiger partial charge in [0.15, 0.2) is 5.78 Å². The minimum atomic E-state index is 0.201. The monoisotopic (exact) mass is 224 g/mol. The van der Waals surface area contributed by atoms with Crippen molar-refractivity contribution in [1.82, 2.24) is 9.78 Å². The Morgan fingerprint density at radius 2 is 2.33 bits per heavy atom. The number of carbonyl (C=O) groups is 1. The zero-order valence-corrected chi connectivity index (χ0v) is 9.80. The molecule has 0 spiro atoms. The molecular weight excluding hydrogens is 208 g/mol. The van der Waals surface area contributed by atoms with Crippen molar-refractivity contribution in [3.05, 3.63) is 18.0 Å². The lowest BCUT2D eigenvalue weighted by atomic mass is 10.3. The van der Waals surface area contributed by atoms with E-state index >= 15 is 0 Å². The third-order valence-corrected chi connectivity index (χ3v) is 4.23. The number of hydrogen-bond donors (Lipinski definition) is 0. The highest BCUT2D eigenvalue weighted by molar-refractivity contribution is 8.00. The Balaban J connectivity index is 1.84. The number of aryl methyl sites for hydroxylation is 1. The molecule has 0 amide bonds. The largest absolute Gasteiger partial charge is 0.292 e. The second-order valence-electron chi connectivity index (χ2n) is 3.98. The molecule has 15 heavy (non-hydrogen) atoms. The Morgan fingerprint density at radius 3 is 2.93 bits per heavy atom. The van der Waals surface area contributed by atoms with E-state index in [-0.39, 0.29) is 5.78 Å². The Kier molecular flexibility index (Phi) is 3.46. The predicted molar refractivity (Wildman–Crippen MR) is 62.3 cm³/mol. The summed E-state index contributed by atoms with van der Waals surface area (Å²) in [6.45, 7) is 0. The second-order valence-corrected chi connectivity index (χ2v) is 5.27. The summed E-state index contributed by atoms with van der Waals surface area (Å²) in [6.07, 6.45) is 6.90. The summed E-state index contributed by atoms with van der Waals surface area (Å²) in [5, 5.41) is 4.71. The lowest BCUT2D eigenvalue weighted by Crippen LogP contribution is -2.11. The van der Waals surface area contributed by atoms with Gasteiger partial charge in [0.2, 0.25) is 0 Å². The van der Waals surface area contributed by atoms with Gasteiger partial charge in [-0.2, -0.15) is 16.9 Å². The van der Waals surface area contributed by atoms with E-state index in [9.17, 15) is 4.79 Å². The van der Waals surface area contributed by atoms with Crippen LogP contribution in [0.4, 0.5) is 0 Å². The average Bonchev–Trinajstić information content (AvgIpc) is 2.84. The molecule has 1 saturated carbocycles. The number of ketones is 1. The summed E-state index contributed by atoms with van der Waals surface area (Å²) in [6, 6.07) is 1.79. The van der Waals surface area contributed by atoms with Gasteiger partial charge in [0.25, 0.3) is 0 Å². The molecule has 1 aliphatic carbocycles. The fourth-order valence-electron chi connectivity index (χ4n) is 1.97. The van der Waals surface area contributed by atoms with Gasteiger partial charge in [-0.1, -0.05) is 12.8 Å². The topological polar surface area (TPSA) is 34.9 Å². The molecule has 1 fully saturated rings.